The number of ether oxygens (including phenoxy) is 2. The number of halogens is 1. The van der Waals surface area contributed by atoms with Gasteiger partial charge in [0.1, 0.15) is 12.4 Å². The molecule has 1 atom stereocenters. The average Bonchev–Trinajstić information content (AvgIpc) is 3.26. The van der Waals surface area contributed by atoms with E-state index in [1.54, 1.807) is 30.2 Å². The van der Waals surface area contributed by atoms with E-state index in [1.807, 2.05) is 85.1 Å². The lowest BCUT2D eigenvalue weighted by Crippen LogP contribution is -2.39. The third kappa shape index (κ3) is 5.94. The summed E-state index contributed by atoms with van der Waals surface area (Å²) in [4.78, 5) is 33.1. The molecule has 3 aromatic carbocycles. The van der Waals surface area contributed by atoms with Crippen LogP contribution in [0.3, 0.4) is 0 Å². The van der Waals surface area contributed by atoms with E-state index in [2.05, 4.69) is 4.99 Å². The molecule has 4 aromatic rings. The van der Waals surface area contributed by atoms with Crippen LogP contribution in [-0.4, -0.2) is 23.4 Å². The Labute approximate surface area is 245 Å². The molecule has 0 aliphatic carbocycles. The summed E-state index contributed by atoms with van der Waals surface area (Å²) in [5.74, 6) is 0.253. The van der Waals surface area contributed by atoms with Crippen molar-refractivity contribution in [2.75, 3.05) is 12.9 Å². The molecule has 5 rings (SSSR count). The molecule has 204 valence electrons. The fraction of sp³-hybridized carbons (Fsp3) is 0.194. The summed E-state index contributed by atoms with van der Waals surface area (Å²) >= 11 is 8.88. The number of hydrogen-bond acceptors (Lipinski definition) is 7. The van der Waals surface area contributed by atoms with Crippen LogP contribution in [0.25, 0.3) is 6.08 Å². The Morgan fingerprint density at radius 2 is 1.77 bits per heavy atom. The van der Waals surface area contributed by atoms with Gasteiger partial charge in [-0.3, -0.25) is 9.36 Å². The molecule has 0 saturated carbocycles. The first-order valence-electron chi connectivity index (χ1n) is 12.7. The predicted octanol–water partition coefficient (Wildman–Crippen LogP) is 5.75. The van der Waals surface area contributed by atoms with E-state index in [0.717, 1.165) is 27.3 Å². The van der Waals surface area contributed by atoms with Crippen molar-refractivity contribution in [1.82, 2.24) is 4.57 Å². The first-order valence-corrected chi connectivity index (χ1v) is 15.1. The fourth-order valence-electron chi connectivity index (χ4n) is 4.45. The van der Waals surface area contributed by atoms with Crippen LogP contribution in [0.5, 0.6) is 5.75 Å². The van der Waals surface area contributed by atoms with Gasteiger partial charge < -0.3 is 9.47 Å². The lowest BCUT2D eigenvalue weighted by molar-refractivity contribution is -0.139. The average molecular weight is 591 g/mol. The molecule has 0 N–H and O–H groups in total. The minimum atomic E-state index is -0.628. The van der Waals surface area contributed by atoms with Gasteiger partial charge in [0.2, 0.25) is 0 Å². The second-order valence-electron chi connectivity index (χ2n) is 9.06. The SMILES string of the molecule is CCOC(=O)C1=C(C)N=c2sc(=Cc3ccc(OCc4ccc(Cl)cc4)cc3)c(=O)n2C1c1ccc(SC)cc1. The van der Waals surface area contributed by atoms with Gasteiger partial charge in [0.25, 0.3) is 5.56 Å². The lowest BCUT2D eigenvalue weighted by atomic mass is 9.96. The summed E-state index contributed by atoms with van der Waals surface area (Å²) in [6, 6.07) is 22.3. The molecular weight excluding hydrogens is 564 g/mol. The molecule has 0 fully saturated rings. The van der Waals surface area contributed by atoms with E-state index in [0.29, 0.717) is 32.2 Å². The van der Waals surface area contributed by atoms with Crippen molar-refractivity contribution >= 4 is 46.7 Å². The molecule has 1 aliphatic rings. The van der Waals surface area contributed by atoms with Crippen molar-refractivity contribution < 1.29 is 14.3 Å². The monoisotopic (exact) mass is 590 g/mol. The van der Waals surface area contributed by atoms with Crippen molar-refractivity contribution in [1.29, 1.82) is 0 Å². The summed E-state index contributed by atoms with van der Waals surface area (Å²) in [5.41, 5.74) is 3.41. The van der Waals surface area contributed by atoms with Crippen molar-refractivity contribution in [3.05, 3.63) is 125 Å². The van der Waals surface area contributed by atoms with Crippen LogP contribution in [0.2, 0.25) is 5.02 Å². The molecule has 6 nitrogen and oxygen atoms in total. The summed E-state index contributed by atoms with van der Waals surface area (Å²) in [6.45, 7) is 4.21. The highest BCUT2D eigenvalue weighted by Gasteiger charge is 2.33. The molecule has 1 aromatic heterocycles. The Balaban J connectivity index is 1.49. The van der Waals surface area contributed by atoms with Gasteiger partial charge in [0, 0.05) is 9.92 Å². The molecule has 0 spiro atoms. The molecule has 0 bridgehead atoms. The van der Waals surface area contributed by atoms with Gasteiger partial charge in [-0.05, 0) is 79.3 Å². The normalized spacial score (nSPS) is 15.0. The summed E-state index contributed by atoms with van der Waals surface area (Å²) in [6.07, 6.45) is 3.84. The maximum absolute atomic E-state index is 13.8. The molecular formula is C31H27ClN2O4S2. The molecule has 9 heteroatoms. The third-order valence-corrected chi connectivity index (χ3v) is 8.42. The van der Waals surface area contributed by atoms with Crippen LogP contribution in [0, 0.1) is 0 Å². The van der Waals surface area contributed by atoms with Gasteiger partial charge >= 0.3 is 5.97 Å². The minimum absolute atomic E-state index is 0.208. The van der Waals surface area contributed by atoms with Crippen molar-refractivity contribution in [3.8, 4) is 5.75 Å². The molecule has 1 aliphatic heterocycles. The predicted molar refractivity (Wildman–Crippen MR) is 161 cm³/mol. The van der Waals surface area contributed by atoms with Crippen molar-refractivity contribution in [3.63, 3.8) is 0 Å². The number of rotatable bonds is 8. The Kier molecular flexibility index (Phi) is 8.59. The topological polar surface area (TPSA) is 69.9 Å². The molecule has 0 amide bonds. The zero-order chi connectivity index (χ0) is 28.2. The van der Waals surface area contributed by atoms with Crippen LogP contribution in [0.4, 0.5) is 0 Å². The number of aromatic nitrogens is 1. The number of allylic oxidation sites excluding steroid dienone is 1. The van der Waals surface area contributed by atoms with Gasteiger partial charge in [-0.25, -0.2) is 9.79 Å². The van der Waals surface area contributed by atoms with E-state index in [-0.39, 0.29) is 12.2 Å². The van der Waals surface area contributed by atoms with Crippen LogP contribution in [0.15, 0.2) is 98.7 Å². The van der Waals surface area contributed by atoms with Crippen molar-refractivity contribution in [2.24, 2.45) is 4.99 Å². The Hall–Kier alpha value is -3.59. The van der Waals surface area contributed by atoms with Gasteiger partial charge in [0.05, 0.1) is 28.5 Å². The Bertz CT molecular complexity index is 1740. The molecule has 0 saturated heterocycles. The van der Waals surface area contributed by atoms with Crippen molar-refractivity contribution in [2.45, 2.75) is 31.4 Å². The maximum Gasteiger partial charge on any atom is 0.338 e. The summed E-state index contributed by atoms with van der Waals surface area (Å²) < 4.78 is 13.4. The second kappa shape index (κ2) is 12.3. The number of carbonyl (C=O) groups is 1. The zero-order valence-electron chi connectivity index (χ0n) is 22.2. The highest BCUT2D eigenvalue weighted by atomic mass is 35.5. The van der Waals surface area contributed by atoms with Gasteiger partial charge in [0.15, 0.2) is 4.80 Å². The van der Waals surface area contributed by atoms with E-state index in [4.69, 9.17) is 21.1 Å². The Morgan fingerprint density at radius 1 is 1.07 bits per heavy atom. The van der Waals surface area contributed by atoms with Gasteiger partial charge in [-0.1, -0.05) is 59.3 Å². The van der Waals surface area contributed by atoms with Crippen LogP contribution < -0.4 is 19.6 Å². The summed E-state index contributed by atoms with van der Waals surface area (Å²) in [5, 5.41) is 0.686. The second-order valence-corrected chi connectivity index (χ2v) is 11.4. The fourth-order valence-corrected chi connectivity index (χ4v) is 6.03. The number of carbonyl (C=O) groups excluding carboxylic acids is 1. The first-order chi connectivity index (χ1) is 19.4. The number of thiazole rings is 1. The number of nitrogens with zero attached hydrogens (tertiary/aromatic N) is 2. The maximum atomic E-state index is 13.8. The molecule has 2 heterocycles. The van der Waals surface area contributed by atoms with Gasteiger partial charge in [-0.15, -0.1) is 11.8 Å². The van der Waals surface area contributed by atoms with E-state index in [1.165, 1.54) is 11.3 Å². The summed E-state index contributed by atoms with van der Waals surface area (Å²) in [7, 11) is 0. The quantitative estimate of drug-likeness (QED) is 0.193. The van der Waals surface area contributed by atoms with Crippen LogP contribution in [0.1, 0.15) is 36.6 Å². The highest BCUT2D eigenvalue weighted by molar-refractivity contribution is 7.98. The Morgan fingerprint density at radius 3 is 2.42 bits per heavy atom. The molecule has 1 unspecified atom stereocenters. The van der Waals surface area contributed by atoms with Crippen LogP contribution in [-0.2, 0) is 16.1 Å². The van der Waals surface area contributed by atoms with E-state index in [9.17, 15) is 9.59 Å². The number of benzene rings is 3. The largest absolute Gasteiger partial charge is 0.489 e. The minimum Gasteiger partial charge on any atom is -0.489 e. The van der Waals surface area contributed by atoms with E-state index < -0.39 is 12.0 Å². The standard InChI is InChI=1S/C31H27ClN2O4S2/c1-4-37-30(36)27-19(2)33-31-34(28(27)22-9-15-25(39-3)16-10-22)29(35)26(40-31)17-20-7-13-24(14-8-20)38-18-21-5-11-23(32)12-6-21/h5-17,28H,4,18H2,1-3H3. The smallest absolute Gasteiger partial charge is 0.338 e. The van der Waals surface area contributed by atoms with Gasteiger partial charge in [-0.2, -0.15) is 0 Å². The van der Waals surface area contributed by atoms with E-state index >= 15 is 0 Å². The molecule has 40 heavy (non-hydrogen) atoms. The number of thioether (sulfide) groups is 1. The highest BCUT2D eigenvalue weighted by Crippen LogP contribution is 2.31. The number of fused-ring (bicyclic) bond motifs is 1. The number of esters is 1. The first kappa shape index (κ1) is 28.0. The number of hydrogen-bond donors (Lipinski definition) is 0. The lowest BCUT2D eigenvalue weighted by Gasteiger charge is -2.24. The van der Waals surface area contributed by atoms with Crippen LogP contribution >= 0.6 is 34.7 Å². The zero-order valence-corrected chi connectivity index (χ0v) is 24.6. The third-order valence-electron chi connectivity index (χ3n) is 6.45. The molecule has 0 radical (unpaired) electrons.